The van der Waals surface area contributed by atoms with Crippen molar-refractivity contribution in [2.24, 2.45) is 0 Å². The monoisotopic (exact) mass is 444 g/mol. The first-order valence-electron chi connectivity index (χ1n) is 9.11. The Morgan fingerprint density at radius 1 is 1.28 bits per heavy atom. The fourth-order valence-electron chi connectivity index (χ4n) is 2.61. The highest BCUT2D eigenvalue weighted by atomic mass is 35.5. The van der Waals surface area contributed by atoms with Gasteiger partial charge in [0.1, 0.15) is 21.5 Å². The number of nitrogens with one attached hydrogen (secondary N) is 1. The molecule has 1 unspecified atom stereocenters. The van der Waals surface area contributed by atoms with E-state index in [2.05, 4.69) is 10.3 Å². The zero-order chi connectivity index (χ0) is 21.7. The predicted octanol–water partition coefficient (Wildman–Crippen LogP) is 5.90. The van der Waals surface area contributed by atoms with Gasteiger partial charge < -0.3 is 19.9 Å². The van der Waals surface area contributed by atoms with E-state index in [1.54, 1.807) is 19.9 Å². The Kier molecular flexibility index (Phi) is 7.93. The quantitative estimate of drug-likeness (QED) is 0.389. The molecule has 29 heavy (non-hydrogen) atoms. The number of rotatable bonds is 8. The van der Waals surface area contributed by atoms with Crippen molar-refractivity contribution in [2.45, 2.75) is 46.1 Å². The largest absolute Gasteiger partial charge is 0.508 e. The summed E-state index contributed by atoms with van der Waals surface area (Å²) in [6.45, 7) is 7.51. The molecule has 0 fully saturated rings. The number of phenolic OH excluding ortho intramolecular Hbond substituents is 1. The van der Waals surface area contributed by atoms with Crippen LogP contribution in [0.2, 0.25) is 10.0 Å². The molecule has 0 aliphatic heterocycles. The lowest BCUT2D eigenvalue weighted by Crippen LogP contribution is -2.22. The molecule has 0 radical (unpaired) electrons. The number of pyridine rings is 1. The molecular formula is C20H23Cl2FN2O4. The van der Waals surface area contributed by atoms with E-state index in [1.807, 2.05) is 13.8 Å². The average Bonchev–Trinajstić information content (AvgIpc) is 2.64. The summed E-state index contributed by atoms with van der Waals surface area (Å²) in [4.78, 5) is 15.3. The van der Waals surface area contributed by atoms with Gasteiger partial charge in [0.05, 0.1) is 13.0 Å². The third-order valence-electron chi connectivity index (χ3n) is 4.00. The third-order valence-corrected chi connectivity index (χ3v) is 4.68. The molecule has 1 atom stereocenters. The van der Waals surface area contributed by atoms with Crippen LogP contribution in [0.4, 0.5) is 10.2 Å². The van der Waals surface area contributed by atoms with Crippen LogP contribution in [0.15, 0.2) is 18.2 Å². The number of carbonyl (C=O) groups excluding carboxylic acids is 1. The van der Waals surface area contributed by atoms with Crippen LogP contribution in [-0.2, 0) is 9.53 Å². The molecule has 1 heterocycles. The fourth-order valence-corrected chi connectivity index (χ4v) is 3.06. The number of phenols is 1. The van der Waals surface area contributed by atoms with E-state index in [1.165, 1.54) is 12.1 Å². The standard InChI is InChI=1S/C20H23Cl2FN2O4/c1-5-28-15(27)8-11(4)24-20-17(22)18(16(21)19(23)25-20)29-12-6-7-14(26)13(9-12)10(2)3/h6-7,9-11,26H,5,8H2,1-4H3,(H,24,25). The number of benzene rings is 1. The Bertz CT molecular complexity index is 893. The summed E-state index contributed by atoms with van der Waals surface area (Å²) in [6, 6.07) is 4.20. The van der Waals surface area contributed by atoms with Gasteiger partial charge in [-0.15, -0.1) is 0 Å². The Hall–Kier alpha value is -2.25. The molecular weight excluding hydrogens is 422 g/mol. The minimum absolute atomic E-state index is 0.0109. The molecule has 2 rings (SSSR count). The summed E-state index contributed by atoms with van der Waals surface area (Å²) < 4.78 is 24.9. The second-order valence-corrected chi connectivity index (χ2v) is 7.50. The number of halogens is 3. The van der Waals surface area contributed by atoms with Crippen molar-refractivity contribution >= 4 is 35.0 Å². The van der Waals surface area contributed by atoms with Crippen molar-refractivity contribution in [3.63, 3.8) is 0 Å². The van der Waals surface area contributed by atoms with E-state index < -0.39 is 18.0 Å². The SMILES string of the molecule is CCOC(=O)CC(C)Nc1nc(F)c(Cl)c(Oc2ccc(O)c(C(C)C)c2)c1Cl. The van der Waals surface area contributed by atoms with Crippen molar-refractivity contribution in [2.75, 3.05) is 11.9 Å². The molecule has 1 aromatic carbocycles. The van der Waals surface area contributed by atoms with E-state index in [9.17, 15) is 14.3 Å². The van der Waals surface area contributed by atoms with Gasteiger partial charge in [-0.1, -0.05) is 37.0 Å². The highest BCUT2D eigenvalue weighted by Gasteiger charge is 2.22. The van der Waals surface area contributed by atoms with Crippen LogP contribution in [0.3, 0.4) is 0 Å². The second-order valence-electron chi connectivity index (χ2n) is 6.74. The maximum Gasteiger partial charge on any atom is 0.307 e. The number of ether oxygens (including phenoxy) is 2. The smallest absolute Gasteiger partial charge is 0.307 e. The maximum atomic E-state index is 14.3. The first-order valence-corrected chi connectivity index (χ1v) is 9.87. The molecule has 9 heteroatoms. The molecule has 2 aromatic rings. The summed E-state index contributed by atoms with van der Waals surface area (Å²) in [6.07, 6.45) is 0.0436. The maximum absolute atomic E-state index is 14.3. The molecule has 0 aliphatic carbocycles. The van der Waals surface area contributed by atoms with Gasteiger partial charge in [0.2, 0.25) is 5.95 Å². The summed E-state index contributed by atoms with van der Waals surface area (Å²) in [5.74, 6) is -1.01. The van der Waals surface area contributed by atoms with Gasteiger partial charge in [-0.3, -0.25) is 4.79 Å². The molecule has 158 valence electrons. The van der Waals surface area contributed by atoms with Crippen molar-refractivity contribution < 1.29 is 23.8 Å². The molecule has 0 saturated carbocycles. The van der Waals surface area contributed by atoms with Crippen LogP contribution >= 0.6 is 23.2 Å². The van der Waals surface area contributed by atoms with E-state index in [0.717, 1.165) is 0 Å². The molecule has 2 N–H and O–H groups in total. The number of esters is 1. The normalized spacial score (nSPS) is 12.0. The average molecular weight is 445 g/mol. The van der Waals surface area contributed by atoms with Gasteiger partial charge in [-0.05, 0) is 38.0 Å². The highest BCUT2D eigenvalue weighted by molar-refractivity contribution is 6.38. The van der Waals surface area contributed by atoms with E-state index in [4.69, 9.17) is 32.7 Å². The molecule has 6 nitrogen and oxygen atoms in total. The van der Waals surface area contributed by atoms with Crippen molar-refractivity contribution in [1.29, 1.82) is 0 Å². The third kappa shape index (κ3) is 5.87. The van der Waals surface area contributed by atoms with Crippen LogP contribution in [0.25, 0.3) is 0 Å². The topological polar surface area (TPSA) is 80.7 Å². The van der Waals surface area contributed by atoms with Gasteiger partial charge in [0.15, 0.2) is 11.6 Å². The summed E-state index contributed by atoms with van der Waals surface area (Å²) >= 11 is 12.4. The predicted molar refractivity (Wildman–Crippen MR) is 111 cm³/mol. The zero-order valence-electron chi connectivity index (χ0n) is 16.6. The van der Waals surface area contributed by atoms with Gasteiger partial charge in [-0.25, -0.2) is 0 Å². The molecule has 1 aromatic heterocycles. The molecule has 0 aliphatic rings. The molecule has 0 amide bonds. The van der Waals surface area contributed by atoms with Crippen LogP contribution in [-0.4, -0.2) is 28.7 Å². The zero-order valence-corrected chi connectivity index (χ0v) is 18.1. The van der Waals surface area contributed by atoms with Gasteiger partial charge in [0.25, 0.3) is 0 Å². The summed E-state index contributed by atoms with van der Waals surface area (Å²) in [7, 11) is 0. The Labute approximate surface area is 178 Å². The number of carbonyl (C=O) groups is 1. The first-order chi connectivity index (χ1) is 13.6. The summed E-state index contributed by atoms with van der Waals surface area (Å²) in [5, 5.41) is 12.4. The lowest BCUT2D eigenvalue weighted by molar-refractivity contribution is -0.143. The van der Waals surface area contributed by atoms with Crippen molar-refractivity contribution in [3.8, 4) is 17.2 Å². The molecule has 0 saturated heterocycles. The fraction of sp³-hybridized carbons (Fsp3) is 0.400. The number of hydrogen-bond donors (Lipinski definition) is 2. The number of aromatic hydroxyl groups is 1. The first kappa shape index (κ1) is 23.0. The van der Waals surface area contributed by atoms with E-state index in [0.29, 0.717) is 11.3 Å². The Morgan fingerprint density at radius 2 is 1.97 bits per heavy atom. The number of nitrogens with zero attached hydrogens (tertiary/aromatic N) is 1. The van der Waals surface area contributed by atoms with Crippen molar-refractivity contribution in [1.82, 2.24) is 4.98 Å². The van der Waals surface area contributed by atoms with Gasteiger partial charge in [0, 0.05) is 11.6 Å². The van der Waals surface area contributed by atoms with Gasteiger partial charge >= 0.3 is 5.97 Å². The highest BCUT2D eigenvalue weighted by Crippen LogP contribution is 2.42. The lowest BCUT2D eigenvalue weighted by Gasteiger charge is -2.18. The minimum atomic E-state index is -0.972. The Balaban J connectivity index is 2.31. The number of hydrogen-bond acceptors (Lipinski definition) is 6. The van der Waals surface area contributed by atoms with E-state index in [-0.39, 0.29) is 46.3 Å². The lowest BCUT2D eigenvalue weighted by atomic mass is 10.0. The van der Waals surface area contributed by atoms with Crippen LogP contribution in [0.1, 0.15) is 45.6 Å². The van der Waals surface area contributed by atoms with Gasteiger partial charge in [-0.2, -0.15) is 9.37 Å². The molecule has 0 spiro atoms. The molecule has 0 bridgehead atoms. The summed E-state index contributed by atoms with van der Waals surface area (Å²) in [5.41, 5.74) is 0.658. The Morgan fingerprint density at radius 3 is 2.59 bits per heavy atom. The second kappa shape index (κ2) is 9.98. The van der Waals surface area contributed by atoms with E-state index >= 15 is 0 Å². The number of anilines is 1. The minimum Gasteiger partial charge on any atom is -0.508 e. The van der Waals surface area contributed by atoms with Crippen molar-refractivity contribution in [3.05, 3.63) is 39.8 Å². The number of aromatic nitrogens is 1. The van der Waals surface area contributed by atoms with Crippen LogP contribution < -0.4 is 10.1 Å². The van der Waals surface area contributed by atoms with Crippen LogP contribution in [0, 0.1) is 5.95 Å². The van der Waals surface area contributed by atoms with Crippen LogP contribution in [0.5, 0.6) is 17.2 Å².